The van der Waals surface area contributed by atoms with Crippen LogP contribution in [0.3, 0.4) is 0 Å². The maximum absolute atomic E-state index is 11.2. The van der Waals surface area contributed by atoms with E-state index in [0.717, 1.165) is 11.1 Å². The number of hydrogen-bond donors (Lipinski definition) is 2. The van der Waals surface area contributed by atoms with Crippen LogP contribution in [0, 0.1) is 12.8 Å². The van der Waals surface area contributed by atoms with E-state index >= 15 is 0 Å². The van der Waals surface area contributed by atoms with Crippen LogP contribution in [0.15, 0.2) is 12.1 Å². The average Bonchev–Trinajstić information content (AvgIpc) is 2.37. The number of ether oxygens (including phenoxy) is 2. The Morgan fingerprint density at radius 1 is 1.37 bits per heavy atom. The third-order valence-electron chi connectivity index (χ3n) is 3.30. The third kappa shape index (κ3) is 3.17. The number of benzene rings is 1. The van der Waals surface area contributed by atoms with Crippen LogP contribution in [0.25, 0.3) is 0 Å². The van der Waals surface area contributed by atoms with Gasteiger partial charge in [-0.1, -0.05) is 6.92 Å². The smallest absolute Gasteiger partial charge is 0.308 e. The lowest BCUT2D eigenvalue weighted by atomic mass is 9.88. The Labute approximate surface area is 113 Å². The van der Waals surface area contributed by atoms with Crippen molar-refractivity contribution >= 4 is 5.97 Å². The number of methoxy groups -OCH3 is 2. The summed E-state index contributed by atoms with van der Waals surface area (Å²) in [6.07, 6.45) is 0.463. The first-order valence-electron chi connectivity index (χ1n) is 6.17. The second-order valence-corrected chi connectivity index (χ2v) is 4.44. The van der Waals surface area contributed by atoms with Crippen LogP contribution in [0.4, 0.5) is 0 Å². The molecule has 0 bridgehead atoms. The van der Waals surface area contributed by atoms with E-state index in [0.29, 0.717) is 17.9 Å². The Kier molecular flexibility index (Phi) is 5.18. The first-order chi connectivity index (χ1) is 8.96. The second kappa shape index (κ2) is 6.43. The number of carbonyl (C=O) groups is 1. The normalized spacial score (nSPS) is 13.7. The highest BCUT2D eigenvalue weighted by molar-refractivity contribution is 5.71. The lowest BCUT2D eigenvalue weighted by molar-refractivity contribution is -0.142. The molecular formula is C14H21NO4. The van der Waals surface area contributed by atoms with Gasteiger partial charge in [-0.2, -0.15) is 0 Å². The maximum Gasteiger partial charge on any atom is 0.308 e. The van der Waals surface area contributed by atoms with Gasteiger partial charge in [-0.05, 0) is 25.0 Å². The van der Waals surface area contributed by atoms with Gasteiger partial charge >= 0.3 is 5.97 Å². The van der Waals surface area contributed by atoms with Gasteiger partial charge in [0.15, 0.2) is 0 Å². The van der Waals surface area contributed by atoms with Crippen molar-refractivity contribution < 1.29 is 19.4 Å². The number of rotatable bonds is 6. The van der Waals surface area contributed by atoms with Crippen LogP contribution in [-0.4, -0.2) is 25.3 Å². The molecule has 0 aromatic heterocycles. The van der Waals surface area contributed by atoms with Gasteiger partial charge in [0, 0.05) is 17.7 Å². The number of aryl methyl sites for hydroxylation is 1. The summed E-state index contributed by atoms with van der Waals surface area (Å²) < 4.78 is 10.5. The molecular weight excluding hydrogens is 246 g/mol. The monoisotopic (exact) mass is 267 g/mol. The molecule has 1 rings (SSSR count). The number of nitrogens with two attached hydrogens (primary N) is 1. The van der Waals surface area contributed by atoms with Crippen LogP contribution in [0.5, 0.6) is 11.5 Å². The van der Waals surface area contributed by atoms with E-state index in [1.807, 2.05) is 19.9 Å². The van der Waals surface area contributed by atoms with Crippen molar-refractivity contribution in [2.45, 2.75) is 26.3 Å². The second-order valence-electron chi connectivity index (χ2n) is 4.44. The molecule has 19 heavy (non-hydrogen) atoms. The molecule has 2 atom stereocenters. The van der Waals surface area contributed by atoms with Gasteiger partial charge < -0.3 is 20.3 Å². The summed E-state index contributed by atoms with van der Waals surface area (Å²) in [6.45, 7) is 3.68. The number of carboxylic acids is 1. The van der Waals surface area contributed by atoms with Crippen molar-refractivity contribution in [3.05, 3.63) is 23.3 Å². The molecule has 5 nitrogen and oxygen atoms in total. The molecule has 1 aromatic carbocycles. The van der Waals surface area contributed by atoms with Crippen molar-refractivity contribution in [1.82, 2.24) is 0 Å². The minimum absolute atomic E-state index is 0.463. The molecule has 0 radical (unpaired) electrons. The largest absolute Gasteiger partial charge is 0.497 e. The highest BCUT2D eigenvalue weighted by Gasteiger charge is 2.28. The van der Waals surface area contributed by atoms with Crippen molar-refractivity contribution in [1.29, 1.82) is 0 Å². The number of aliphatic carboxylic acids is 1. The zero-order valence-corrected chi connectivity index (χ0v) is 11.8. The molecule has 0 aliphatic carbocycles. The van der Waals surface area contributed by atoms with Crippen LogP contribution in [-0.2, 0) is 4.79 Å². The molecule has 0 saturated carbocycles. The highest BCUT2D eigenvalue weighted by atomic mass is 16.5. The molecule has 0 fully saturated rings. The molecule has 1 aromatic rings. The third-order valence-corrected chi connectivity index (χ3v) is 3.30. The lowest BCUT2D eigenvalue weighted by Gasteiger charge is -2.23. The summed E-state index contributed by atoms with van der Waals surface area (Å²) in [6, 6.07) is 2.94. The van der Waals surface area contributed by atoms with E-state index in [1.54, 1.807) is 13.2 Å². The number of hydrogen-bond acceptors (Lipinski definition) is 4. The van der Waals surface area contributed by atoms with E-state index < -0.39 is 17.9 Å². The number of carboxylic acid groups (broad SMARTS) is 1. The minimum atomic E-state index is -0.896. The van der Waals surface area contributed by atoms with Gasteiger partial charge in [-0.25, -0.2) is 0 Å². The average molecular weight is 267 g/mol. The SMILES string of the molecule is CCC(C(=O)O)C(N)c1c(C)cc(OC)cc1OC. The zero-order valence-electron chi connectivity index (χ0n) is 11.8. The van der Waals surface area contributed by atoms with Gasteiger partial charge in [-0.3, -0.25) is 4.79 Å². The Morgan fingerprint density at radius 3 is 2.42 bits per heavy atom. The summed E-state index contributed by atoms with van der Waals surface area (Å²) in [5.41, 5.74) is 7.70. The Balaban J connectivity index is 3.28. The van der Waals surface area contributed by atoms with E-state index in [-0.39, 0.29) is 0 Å². The van der Waals surface area contributed by atoms with E-state index in [9.17, 15) is 9.90 Å². The summed E-state index contributed by atoms with van der Waals surface area (Å²) in [5.74, 6) is -0.314. The van der Waals surface area contributed by atoms with Crippen molar-refractivity contribution in [2.24, 2.45) is 11.7 Å². The molecule has 3 N–H and O–H groups in total. The zero-order chi connectivity index (χ0) is 14.6. The van der Waals surface area contributed by atoms with Crippen molar-refractivity contribution in [3.63, 3.8) is 0 Å². The van der Waals surface area contributed by atoms with Crippen molar-refractivity contribution in [3.8, 4) is 11.5 Å². The lowest BCUT2D eigenvalue weighted by Crippen LogP contribution is -2.28. The topological polar surface area (TPSA) is 81.8 Å². The van der Waals surface area contributed by atoms with Crippen LogP contribution in [0.2, 0.25) is 0 Å². The molecule has 0 aliphatic rings. The summed E-state index contributed by atoms with van der Waals surface area (Å²) >= 11 is 0. The summed E-state index contributed by atoms with van der Waals surface area (Å²) in [7, 11) is 3.10. The van der Waals surface area contributed by atoms with E-state index in [2.05, 4.69) is 0 Å². The molecule has 5 heteroatoms. The molecule has 0 amide bonds. The fourth-order valence-electron chi connectivity index (χ4n) is 2.23. The van der Waals surface area contributed by atoms with Gasteiger partial charge in [0.2, 0.25) is 0 Å². The quantitative estimate of drug-likeness (QED) is 0.825. The predicted molar refractivity (Wildman–Crippen MR) is 72.6 cm³/mol. The van der Waals surface area contributed by atoms with Crippen LogP contribution < -0.4 is 15.2 Å². The van der Waals surface area contributed by atoms with Crippen LogP contribution in [0.1, 0.15) is 30.5 Å². The Bertz CT molecular complexity index is 459. The molecule has 0 heterocycles. The van der Waals surface area contributed by atoms with Crippen LogP contribution >= 0.6 is 0 Å². The first kappa shape index (κ1) is 15.3. The first-order valence-corrected chi connectivity index (χ1v) is 6.17. The van der Waals surface area contributed by atoms with Crippen molar-refractivity contribution in [2.75, 3.05) is 14.2 Å². The van der Waals surface area contributed by atoms with Gasteiger partial charge in [0.1, 0.15) is 11.5 Å². The fourth-order valence-corrected chi connectivity index (χ4v) is 2.23. The Morgan fingerprint density at radius 2 is 2.00 bits per heavy atom. The molecule has 0 saturated heterocycles. The summed E-state index contributed by atoms with van der Waals surface area (Å²) in [4.78, 5) is 11.2. The molecule has 0 spiro atoms. The highest BCUT2D eigenvalue weighted by Crippen LogP contribution is 2.35. The summed E-state index contributed by atoms with van der Waals surface area (Å²) in [5, 5.41) is 9.21. The molecule has 106 valence electrons. The Hall–Kier alpha value is -1.75. The van der Waals surface area contributed by atoms with E-state index in [1.165, 1.54) is 7.11 Å². The predicted octanol–water partition coefficient (Wildman–Crippen LogP) is 2.12. The molecule has 2 unspecified atom stereocenters. The van der Waals surface area contributed by atoms with E-state index in [4.69, 9.17) is 15.2 Å². The van der Waals surface area contributed by atoms with Gasteiger partial charge in [0.25, 0.3) is 0 Å². The minimum Gasteiger partial charge on any atom is -0.497 e. The van der Waals surface area contributed by atoms with Gasteiger partial charge in [-0.15, -0.1) is 0 Å². The van der Waals surface area contributed by atoms with Gasteiger partial charge in [0.05, 0.1) is 20.1 Å². The standard InChI is InChI=1S/C14H21NO4/c1-5-10(14(16)17)13(15)12-8(2)6-9(18-3)7-11(12)19-4/h6-7,10,13H,5,15H2,1-4H3,(H,16,17). The molecule has 0 aliphatic heterocycles. The fraction of sp³-hybridized carbons (Fsp3) is 0.500. The maximum atomic E-state index is 11.2.